The Hall–Kier alpha value is -2.66. The predicted octanol–water partition coefficient (Wildman–Crippen LogP) is 1.50. The molecule has 2 N–H and O–H groups in total. The number of rotatable bonds is 5. The summed E-state index contributed by atoms with van der Waals surface area (Å²) >= 11 is 0. The second-order valence-corrected chi connectivity index (χ2v) is 4.71. The van der Waals surface area contributed by atoms with E-state index in [0.29, 0.717) is 0 Å². The van der Waals surface area contributed by atoms with Gasteiger partial charge in [-0.15, -0.1) is 0 Å². The Bertz CT molecular complexity index is 709. The molecular weight excluding hydrogens is 282 g/mol. The average Bonchev–Trinajstić information content (AvgIpc) is 2.56. The van der Waals surface area contributed by atoms with Crippen LogP contribution in [0, 0.1) is 0 Å². The number of ether oxygens (including phenoxy) is 1. The molecular formula is C17H17NO4. The van der Waals surface area contributed by atoms with Gasteiger partial charge in [-0.3, -0.25) is 4.79 Å². The largest absolute Gasteiger partial charge is 0.467 e. The highest BCUT2D eigenvalue weighted by molar-refractivity contribution is 5.95. The second kappa shape index (κ2) is 7.38. The monoisotopic (exact) mass is 299 g/mol. The number of nitrogens with one attached hydrogen (secondary N) is 1. The van der Waals surface area contributed by atoms with Gasteiger partial charge in [0, 0.05) is 6.08 Å². The highest BCUT2D eigenvalue weighted by Gasteiger charge is 2.18. The van der Waals surface area contributed by atoms with Crippen molar-refractivity contribution in [3.05, 3.63) is 54.1 Å². The lowest BCUT2D eigenvalue weighted by Gasteiger charge is -2.11. The van der Waals surface area contributed by atoms with Crippen LogP contribution in [-0.4, -0.2) is 36.7 Å². The van der Waals surface area contributed by atoms with Gasteiger partial charge in [-0.2, -0.15) is 0 Å². The average molecular weight is 299 g/mol. The Morgan fingerprint density at radius 3 is 2.64 bits per heavy atom. The van der Waals surface area contributed by atoms with E-state index in [9.17, 15) is 9.59 Å². The lowest BCUT2D eigenvalue weighted by atomic mass is 10.1. The van der Waals surface area contributed by atoms with Crippen molar-refractivity contribution in [1.82, 2.24) is 5.32 Å². The van der Waals surface area contributed by atoms with Crippen LogP contribution in [-0.2, 0) is 14.3 Å². The highest BCUT2D eigenvalue weighted by Crippen LogP contribution is 2.16. The summed E-state index contributed by atoms with van der Waals surface area (Å²) in [5.74, 6) is -1.16. The molecule has 0 heterocycles. The van der Waals surface area contributed by atoms with Gasteiger partial charge in [-0.05, 0) is 28.5 Å². The normalized spacial score (nSPS) is 12.3. The molecule has 1 unspecified atom stereocenters. The molecule has 0 aliphatic carbocycles. The van der Waals surface area contributed by atoms with E-state index in [1.807, 2.05) is 42.5 Å². The van der Waals surface area contributed by atoms with Crippen LogP contribution in [0.2, 0.25) is 0 Å². The zero-order chi connectivity index (χ0) is 15.9. The summed E-state index contributed by atoms with van der Waals surface area (Å²) < 4.78 is 4.48. The Kier molecular flexibility index (Phi) is 5.27. The fraction of sp³-hybridized carbons (Fsp3) is 0.176. The summed E-state index contributed by atoms with van der Waals surface area (Å²) in [6.07, 6.45) is 2.96. The zero-order valence-corrected chi connectivity index (χ0v) is 12.2. The van der Waals surface area contributed by atoms with E-state index in [-0.39, 0.29) is 0 Å². The molecule has 5 heteroatoms. The lowest BCUT2D eigenvalue weighted by Crippen LogP contribution is -2.43. The van der Waals surface area contributed by atoms with Crippen molar-refractivity contribution < 1.29 is 19.4 Å². The minimum absolute atomic E-state index is 0.474. The molecule has 2 aromatic rings. The summed E-state index contributed by atoms with van der Waals surface area (Å²) in [7, 11) is 1.20. The SMILES string of the molecule is COC(=O)C(CO)NC(=O)/C=C/c1ccc2ccccc2c1. The first-order valence-corrected chi connectivity index (χ1v) is 6.80. The second-order valence-electron chi connectivity index (χ2n) is 4.71. The first-order chi connectivity index (χ1) is 10.6. The van der Waals surface area contributed by atoms with Crippen LogP contribution >= 0.6 is 0 Å². The van der Waals surface area contributed by atoms with E-state index in [1.165, 1.54) is 13.2 Å². The molecule has 0 bridgehead atoms. The van der Waals surface area contributed by atoms with Gasteiger partial charge in [0.2, 0.25) is 5.91 Å². The zero-order valence-electron chi connectivity index (χ0n) is 12.2. The topological polar surface area (TPSA) is 75.6 Å². The third-order valence-corrected chi connectivity index (χ3v) is 3.19. The van der Waals surface area contributed by atoms with Crippen molar-refractivity contribution in [3.63, 3.8) is 0 Å². The van der Waals surface area contributed by atoms with Crippen LogP contribution in [0.5, 0.6) is 0 Å². The number of benzene rings is 2. The number of aliphatic hydroxyl groups is 1. The molecule has 22 heavy (non-hydrogen) atoms. The number of hydrogen-bond donors (Lipinski definition) is 2. The molecule has 0 aliphatic heterocycles. The quantitative estimate of drug-likeness (QED) is 0.648. The molecule has 1 atom stereocenters. The number of carbonyl (C=O) groups excluding carboxylic acids is 2. The number of amides is 1. The number of carbonyl (C=O) groups is 2. The van der Waals surface area contributed by atoms with Crippen LogP contribution in [0.1, 0.15) is 5.56 Å². The molecule has 0 saturated heterocycles. The maximum Gasteiger partial charge on any atom is 0.330 e. The standard InChI is InChI=1S/C17H17NO4/c1-22-17(21)15(11-19)18-16(20)9-7-12-6-8-13-4-2-3-5-14(13)10-12/h2-10,15,19H,11H2,1H3,(H,18,20)/b9-7+. The van der Waals surface area contributed by atoms with Crippen LogP contribution in [0.3, 0.4) is 0 Å². The lowest BCUT2D eigenvalue weighted by molar-refractivity contribution is -0.145. The van der Waals surface area contributed by atoms with Gasteiger partial charge in [0.05, 0.1) is 13.7 Å². The van der Waals surface area contributed by atoms with E-state index >= 15 is 0 Å². The fourth-order valence-electron chi connectivity index (χ4n) is 2.02. The van der Waals surface area contributed by atoms with Gasteiger partial charge in [-0.25, -0.2) is 4.79 Å². The summed E-state index contributed by atoms with van der Waals surface area (Å²) in [5, 5.41) is 13.6. The smallest absolute Gasteiger partial charge is 0.330 e. The van der Waals surface area contributed by atoms with Crippen LogP contribution < -0.4 is 5.32 Å². The highest BCUT2D eigenvalue weighted by atomic mass is 16.5. The Balaban J connectivity index is 2.06. The molecule has 0 spiro atoms. The Morgan fingerprint density at radius 1 is 1.23 bits per heavy atom. The first kappa shape index (κ1) is 15.7. The van der Waals surface area contributed by atoms with Crippen molar-refractivity contribution >= 4 is 28.7 Å². The van der Waals surface area contributed by atoms with Gasteiger partial charge in [-0.1, -0.05) is 36.4 Å². The van der Waals surface area contributed by atoms with E-state index in [4.69, 9.17) is 5.11 Å². The Morgan fingerprint density at radius 2 is 1.95 bits per heavy atom. The number of aliphatic hydroxyl groups excluding tert-OH is 1. The van der Waals surface area contributed by atoms with Crippen LogP contribution in [0.4, 0.5) is 0 Å². The summed E-state index contributed by atoms with van der Waals surface area (Å²) in [5.41, 5.74) is 0.868. The van der Waals surface area contributed by atoms with Crippen molar-refractivity contribution in [1.29, 1.82) is 0 Å². The third kappa shape index (κ3) is 3.93. The third-order valence-electron chi connectivity index (χ3n) is 3.19. The minimum Gasteiger partial charge on any atom is -0.467 e. The molecule has 0 fully saturated rings. The molecule has 114 valence electrons. The summed E-state index contributed by atoms with van der Waals surface area (Å²) in [6, 6.07) is 12.7. The molecule has 0 aliphatic rings. The number of esters is 1. The molecule has 2 aromatic carbocycles. The van der Waals surface area contributed by atoms with Crippen LogP contribution in [0.25, 0.3) is 16.8 Å². The van der Waals surface area contributed by atoms with Crippen molar-refractivity contribution in [2.24, 2.45) is 0 Å². The molecule has 0 aromatic heterocycles. The number of hydrogen-bond acceptors (Lipinski definition) is 4. The predicted molar refractivity (Wildman–Crippen MR) is 84.0 cm³/mol. The summed E-state index contributed by atoms with van der Waals surface area (Å²) in [4.78, 5) is 23.0. The maximum absolute atomic E-state index is 11.8. The van der Waals surface area contributed by atoms with E-state index < -0.39 is 24.5 Å². The van der Waals surface area contributed by atoms with Gasteiger partial charge >= 0.3 is 5.97 Å². The van der Waals surface area contributed by atoms with E-state index in [1.54, 1.807) is 6.08 Å². The van der Waals surface area contributed by atoms with Gasteiger partial charge in [0.15, 0.2) is 6.04 Å². The van der Waals surface area contributed by atoms with Gasteiger partial charge in [0.1, 0.15) is 0 Å². The minimum atomic E-state index is -1.06. The van der Waals surface area contributed by atoms with E-state index in [2.05, 4.69) is 10.1 Å². The molecule has 1 amide bonds. The molecule has 2 rings (SSSR count). The first-order valence-electron chi connectivity index (χ1n) is 6.80. The Labute approximate surface area is 128 Å². The van der Waals surface area contributed by atoms with Crippen molar-refractivity contribution in [2.45, 2.75) is 6.04 Å². The van der Waals surface area contributed by atoms with Gasteiger partial charge < -0.3 is 15.2 Å². The van der Waals surface area contributed by atoms with Crippen molar-refractivity contribution in [2.75, 3.05) is 13.7 Å². The van der Waals surface area contributed by atoms with Gasteiger partial charge in [0.25, 0.3) is 0 Å². The molecule has 5 nitrogen and oxygen atoms in total. The number of methoxy groups -OCH3 is 1. The maximum atomic E-state index is 11.8. The summed E-state index contributed by atoms with van der Waals surface area (Å²) in [6.45, 7) is -0.512. The molecule has 0 radical (unpaired) electrons. The molecule has 0 saturated carbocycles. The van der Waals surface area contributed by atoms with Crippen molar-refractivity contribution in [3.8, 4) is 0 Å². The van der Waals surface area contributed by atoms with E-state index in [0.717, 1.165) is 16.3 Å². The fourth-order valence-corrected chi connectivity index (χ4v) is 2.02. The van der Waals surface area contributed by atoms with Crippen LogP contribution in [0.15, 0.2) is 48.5 Å². The number of fused-ring (bicyclic) bond motifs is 1.